The van der Waals surface area contributed by atoms with Crippen molar-refractivity contribution >= 4 is 26.8 Å². The zero-order chi connectivity index (χ0) is 11.5. The molecule has 0 bridgehead atoms. The molecule has 2 aromatic rings. The number of benzene rings is 1. The molecular formula is C12H15BrN2O. The highest BCUT2D eigenvalue weighted by Crippen LogP contribution is 2.21. The monoisotopic (exact) mass is 282 g/mol. The van der Waals surface area contributed by atoms with Crippen molar-refractivity contribution in [3.05, 3.63) is 24.4 Å². The molecule has 86 valence electrons. The lowest BCUT2D eigenvalue weighted by Crippen LogP contribution is -2.09. The molecule has 0 fully saturated rings. The van der Waals surface area contributed by atoms with Gasteiger partial charge in [0.05, 0.1) is 18.8 Å². The number of nitrogens with zero attached hydrogens (tertiary/aromatic N) is 2. The van der Waals surface area contributed by atoms with Crippen LogP contribution in [-0.4, -0.2) is 22.2 Å². The molecular weight excluding hydrogens is 268 g/mol. The first-order chi connectivity index (χ1) is 7.74. The molecule has 0 spiro atoms. The summed E-state index contributed by atoms with van der Waals surface area (Å²) < 4.78 is 7.26. The average Bonchev–Trinajstić information content (AvgIpc) is 2.71. The maximum absolute atomic E-state index is 5.23. The third kappa shape index (κ3) is 2.21. The van der Waals surface area contributed by atoms with Crippen molar-refractivity contribution < 1.29 is 4.74 Å². The van der Waals surface area contributed by atoms with Gasteiger partial charge in [0.25, 0.3) is 0 Å². The van der Waals surface area contributed by atoms with Gasteiger partial charge < -0.3 is 4.74 Å². The predicted molar refractivity (Wildman–Crippen MR) is 69.2 cm³/mol. The molecule has 1 aromatic carbocycles. The molecule has 1 atom stereocenters. The van der Waals surface area contributed by atoms with Crippen molar-refractivity contribution in [2.75, 3.05) is 12.4 Å². The highest BCUT2D eigenvalue weighted by Gasteiger charge is 2.07. The van der Waals surface area contributed by atoms with Crippen LogP contribution in [0.2, 0.25) is 0 Å². The second-order valence-corrected chi connectivity index (χ2v) is 4.66. The first kappa shape index (κ1) is 11.5. The number of halogens is 1. The fourth-order valence-electron chi connectivity index (χ4n) is 1.67. The van der Waals surface area contributed by atoms with Crippen LogP contribution < -0.4 is 4.74 Å². The molecule has 0 saturated heterocycles. The predicted octanol–water partition coefficient (Wildman–Crippen LogP) is 3.08. The minimum atomic E-state index is 0.564. The number of aromatic nitrogens is 2. The van der Waals surface area contributed by atoms with E-state index in [2.05, 4.69) is 28.0 Å². The molecule has 16 heavy (non-hydrogen) atoms. The van der Waals surface area contributed by atoms with Crippen molar-refractivity contribution in [1.29, 1.82) is 0 Å². The number of ether oxygens (including phenoxy) is 1. The van der Waals surface area contributed by atoms with Gasteiger partial charge in [-0.05, 0) is 18.1 Å². The Kier molecular flexibility index (Phi) is 3.49. The topological polar surface area (TPSA) is 27.1 Å². The van der Waals surface area contributed by atoms with E-state index in [0.29, 0.717) is 5.92 Å². The molecule has 0 N–H and O–H groups in total. The Bertz CT molecular complexity index is 481. The number of alkyl halides is 1. The second-order valence-electron chi connectivity index (χ2n) is 4.01. The Morgan fingerprint density at radius 3 is 3.00 bits per heavy atom. The average molecular weight is 283 g/mol. The summed E-state index contributed by atoms with van der Waals surface area (Å²) in [6.45, 7) is 3.12. The lowest BCUT2D eigenvalue weighted by Gasteiger charge is -2.09. The molecule has 0 unspecified atom stereocenters. The molecule has 4 heteroatoms. The maximum atomic E-state index is 5.23. The first-order valence-electron chi connectivity index (χ1n) is 5.30. The van der Waals surface area contributed by atoms with Crippen LogP contribution in [0.3, 0.4) is 0 Å². The van der Waals surface area contributed by atoms with Crippen molar-refractivity contribution in [1.82, 2.24) is 9.78 Å². The van der Waals surface area contributed by atoms with Crippen LogP contribution >= 0.6 is 15.9 Å². The van der Waals surface area contributed by atoms with Gasteiger partial charge in [0.2, 0.25) is 0 Å². The molecule has 0 saturated carbocycles. The second kappa shape index (κ2) is 4.87. The SMILES string of the molecule is COc1ccc2cnn(C[C@H](C)CBr)c2c1. The molecule has 0 aliphatic carbocycles. The van der Waals surface area contributed by atoms with Crippen molar-refractivity contribution in [2.24, 2.45) is 5.92 Å². The van der Waals surface area contributed by atoms with Gasteiger partial charge in [-0.25, -0.2) is 0 Å². The zero-order valence-electron chi connectivity index (χ0n) is 9.48. The molecule has 0 aliphatic rings. The summed E-state index contributed by atoms with van der Waals surface area (Å²) in [6, 6.07) is 6.03. The lowest BCUT2D eigenvalue weighted by atomic mass is 10.2. The van der Waals surface area contributed by atoms with E-state index in [1.807, 2.05) is 29.1 Å². The van der Waals surface area contributed by atoms with E-state index in [-0.39, 0.29) is 0 Å². The number of hydrogen-bond acceptors (Lipinski definition) is 2. The van der Waals surface area contributed by atoms with Gasteiger partial charge in [0, 0.05) is 23.3 Å². The number of rotatable bonds is 4. The summed E-state index contributed by atoms with van der Waals surface area (Å²) in [4.78, 5) is 0. The van der Waals surface area contributed by atoms with Crippen LogP contribution in [0.5, 0.6) is 5.75 Å². The fraction of sp³-hybridized carbons (Fsp3) is 0.417. The van der Waals surface area contributed by atoms with E-state index >= 15 is 0 Å². The van der Waals surface area contributed by atoms with Gasteiger partial charge in [0.15, 0.2) is 0 Å². The van der Waals surface area contributed by atoms with Crippen LogP contribution in [0.15, 0.2) is 24.4 Å². The maximum Gasteiger partial charge on any atom is 0.121 e. The summed E-state index contributed by atoms with van der Waals surface area (Å²) in [7, 11) is 1.68. The lowest BCUT2D eigenvalue weighted by molar-refractivity contribution is 0.415. The molecule has 0 radical (unpaired) electrons. The smallest absolute Gasteiger partial charge is 0.121 e. The molecule has 1 aromatic heterocycles. The summed E-state index contributed by atoms with van der Waals surface area (Å²) in [6.07, 6.45) is 1.90. The van der Waals surface area contributed by atoms with Gasteiger partial charge in [-0.15, -0.1) is 0 Å². The first-order valence-corrected chi connectivity index (χ1v) is 6.42. The van der Waals surface area contributed by atoms with Crippen molar-refractivity contribution in [3.63, 3.8) is 0 Å². The summed E-state index contributed by atoms with van der Waals surface area (Å²) in [5, 5.41) is 6.54. The third-order valence-electron chi connectivity index (χ3n) is 2.60. The molecule has 1 heterocycles. The Labute approximate surface area is 104 Å². The Balaban J connectivity index is 2.38. The van der Waals surface area contributed by atoms with Crippen LogP contribution in [0.4, 0.5) is 0 Å². The fourth-order valence-corrected chi connectivity index (χ4v) is 1.87. The van der Waals surface area contributed by atoms with Crippen molar-refractivity contribution in [2.45, 2.75) is 13.5 Å². The van der Waals surface area contributed by atoms with Crippen molar-refractivity contribution in [3.8, 4) is 5.75 Å². The molecule has 2 rings (SSSR count). The van der Waals surface area contributed by atoms with E-state index in [1.165, 1.54) is 0 Å². The van der Waals surface area contributed by atoms with Gasteiger partial charge >= 0.3 is 0 Å². The van der Waals surface area contributed by atoms with E-state index < -0.39 is 0 Å². The standard InChI is InChI=1S/C12H15BrN2O/c1-9(6-13)8-15-12-5-11(16-2)4-3-10(12)7-14-15/h3-5,7,9H,6,8H2,1-2H3/t9-/m1/s1. The summed E-state index contributed by atoms with van der Waals surface area (Å²) in [5.74, 6) is 1.44. The van der Waals surface area contributed by atoms with Crippen LogP contribution in [0.25, 0.3) is 10.9 Å². The number of fused-ring (bicyclic) bond motifs is 1. The van der Waals surface area contributed by atoms with E-state index in [1.54, 1.807) is 7.11 Å². The highest BCUT2D eigenvalue weighted by molar-refractivity contribution is 9.09. The molecule has 0 amide bonds. The zero-order valence-corrected chi connectivity index (χ0v) is 11.1. The molecule has 3 nitrogen and oxygen atoms in total. The van der Waals surface area contributed by atoms with Crippen LogP contribution in [-0.2, 0) is 6.54 Å². The highest BCUT2D eigenvalue weighted by atomic mass is 79.9. The van der Waals surface area contributed by atoms with Gasteiger partial charge in [0.1, 0.15) is 5.75 Å². The summed E-state index contributed by atoms with van der Waals surface area (Å²) in [5.41, 5.74) is 1.13. The van der Waals surface area contributed by atoms with E-state index in [9.17, 15) is 0 Å². The van der Waals surface area contributed by atoms with E-state index in [0.717, 1.165) is 28.5 Å². The summed E-state index contributed by atoms with van der Waals surface area (Å²) >= 11 is 3.49. The normalized spacial score (nSPS) is 12.9. The quantitative estimate of drug-likeness (QED) is 0.806. The van der Waals surface area contributed by atoms with Gasteiger partial charge in [-0.1, -0.05) is 22.9 Å². The van der Waals surface area contributed by atoms with Gasteiger partial charge in [-0.2, -0.15) is 5.10 Å². The third-order valence-corrected chi connectivity index (χ3v) is 3.71. The number of methoxy groups -OCH3 is 1. The Morgan fingerprint density at radius 1 is 1.50 bits per heavy atom. The minimum Gasteiger partial charge on any atom is -0.497 e. The Morgan fingerprint density at radius 2 is 2.31 bits per heavy atom. The Hall–Kier alpha value is -1.03. The minimum absolute atomic E-state index is 0.564. The largest absolute Gasteiger partial charge is 0.497 e. The van der Waals surface area contributed by atoms with Crippen LogP contribution in [0, 0.1) is 5.92 Å². The molecule has 0 aliphatic heterocycles. The van der Waals surface area contributed by atoms with Gasteiger partial charge in [-0.3, -0.25) is 4.68 Å². The number of hydrogen-bond donors (Lipinski definition) is 0. The van der Waals surface area contributed by atoms with Crippen LogP contribution in [0.1, 0.15) is 6.92 Å². The van der Waals surface area contributed by atoms with E-state index in [4.69, 9.17) is 4.74 Å².